The molecule has 2 rings (SSSR count). The maximum atomic E-state index is 13.5. The number of hydrogen-bond acceptors (Lipinski definition) is 4. The van der Waals surface area contributed by atoms with Crippen molar-refractivity contribution in [3.63, 3.8) is 0 Å². The third kappa shape index (κ3) is 5.51. The van der Waals surface area contributed by atoms with Crippen molar-refractivity contribution in [3.05, 3.63) is 29.3 Å². The van der Waals surface area contributed by atoms with E-state index in [2.05, 4.69) is 0 Å². The zero-order valence-corrected chi connectivity index (χ0v) is 12.5. The second kappa shape index (κ2) is 9.02. The van der Waals surface area contributed by atoms with Gasteiger partial charge in [-0.2, -0.15) is 0 Å². The van der Waals surface area contributed by atoms with Crippen LogP contribution in [0, 0.1) is 11.6 Å². The first-order chi connectivity index (χ1) is 10.7. The highest BCUT2D eigenvalue weighted by atomic mass is 19.1. The molecule has 0 radical (unpaired) electrons. The lowest BCUT2D eigenvalue weighted by atomic mass is 10.1. The predicted octanol–water partition coefficient (Wildman–Crippen LogP) is 3.16. The first kappa shape index (κ1) is 17.1. The summed E-state index contributed by atoms with van der Waals surface area (Å²) < 4.78 is 43.2. The topological polar surface area (TPSA) is 47.9 Å². The highest BCUT2D eigenvalue weighted by Gasteiger charge is 2.13. The number of ether oxygens (including phenoxy) is 3. The lowest BCUT2D eigenvalue weighted by Crippen LogP contribution is -2.23. The SMILES string of the molecule is Oc1cc(F)c(CCOCCCOC2CCCCO2)c(F)c1. The summed E-state index contributed by atoms with van der Waals surface area (Å²) in [4.78, 5) is 0. The van der Waals surface area contributed by atoms with Crippen molar-refractivity contribution in [2.75, 3.05) is 26.4 Å². The van der Waals surface area contributed by atoms with Crippen molar-refractivity contribution in [2.24, 2.45) is 0 Å². The van der Waals surface area contributed by atoms with Crippen LogP contribution >= 0.6 is 0 Å². The van der Waals surface area contributed by atoms with Gasteiger partial charge in [0.25, 0.3) is 0 Å². The van der Waals surface area contributed by atoms with Crippen LogP contribution in [-0.2, 0) is 20.6 Å². The Kier molecular flexibility index (Phi) is 7.02. The molecule has 1 aliphatic rings. The summed E-state index contributed by atoms with van der Waals surface area (Å²) in [6, 6.07) is 1.80. The average molecular weight is 316 g/mol. The molecule has 0 aromatic heterocycles. The molecule has 1 aliphatic heterocycles. The molecule has 1 N–H and O–H groups in total. The summed E-state index contributed by atoms with van der Waals surface area (Å²) in [7, 11) is 0. The number of hydrogen-bond donors (Lipinski definition) is 1. The van der Waals surface area contributed by atoms with Gasteiger partial charge in [0.1, 0.15) is 17.4 Å². The highest BCUT2D eigenvalue weighted by Crippen LogP contribution is 2.20. The van der Waals surface area contributed by atoms with Gasteiger partial charge in [-0.1, -0.05) is 0 Å². The Balaban J connectivity index is 1.56. The number of rotatable bonds is 8. The van der Waals surface area contributed by atoms with Gasteiger partial charge in [-0.15, -0.1) is 0 Å². The van der Waals surface area contributed by atoms with Crippen molar-refractivity contribution < 1.29 is 28.1 Å². The van der Waals surface area contributed by atoms with Gasteiger partial charge in [0.2, 0.25) is 0 Å². The Morgan fingerprint density at radius 1 is 1.14 bits per heavy atom. The van der Waals surface area contributed by atoms with Crippen LogP contribution in [0.15, 0.2) is 12.1 Å². The summed E-state index contributed by atoms with van der Waals surface area (Å²) in [5.41, 5.74) is -0.0651. The van der Waals surface area contributed by atoms with Crippen molar-refractivity contribution in [3.8, 4) is 5.75 Å². The minimum Gasteiger partial charge on any atom is -0.508 e. The molecule has 1 heterocycles. The summed E-state index contributed by atoms with van der Waals surface area (Å²) in [6.45, 7) is 1.99. The van der Waals surface area contributed by atoms with E-state index in [-0.39, 0.29) is 24.9 Å². The zero-order valence-electron chi connectivity index (χ0n) is 12.5. The summed E-state index contributed by atoms with van der Waals surface area (Å²) in [5.74, 6) is -1.92. The van der Waals surface area contributed by atoms with Gasteiger partial charge in [-0.25, -0.2) is 8.78 Å². The fourth-order valence-electron chi connectivity index (χ4n) is 2.32. The van der Waals surface area contributed by atoms with E-state index in [1.807, 2.05) is 0 Å². The monoisotopic (exact) mass is 316 g/mol. The fourth-order valence-corrected chi connectivity index (χ4v) is 2.32. The zero-order chi connectivity index (χ0) is 15.8. The third-order valence-electron chi connectivity index (χ3n) is 3.50. The van der Waals surface area contributed by atoms with Crippen LogP contribution in [0.5, 0.6) is 5.75 Å². The summed E-state index contributed by atoms with van der Waals surface area (Å²) >= 11 is 0. The Morgan fingerprint density at radius 2 is 1.91 bits per heavy atom. The van der Waals surface area contributed by atoms with E-state index in [0.717, 1.165) is 38.0 Å². The summed E-state index contributed by atoms with van der Waals surface area (Å²) in [6.07, 6.45) is 3.89. The van der Waals surface area contributed by atoms with Gasteiger partial charge < -0.3 is 19.3 Å². The first-order valence-corrected chi connectivity index (χ1v) is 7.64. The van der Waals surface area contributed by atoms with E-state index in [0.29, 0.717) is 19.6 Å². The molecule has 0 aliphatic carbocycles. The Labute approximate surface area is 129 Å². The van der Waals surface area contributed by atoms with Crippen LogP contribution in [0.3, 0.4) is 0 Å². The van der Waals surface area contributed by atoms with E-state index in [1.54, 1.807) is 0 Å². The number of phenolic OH excluding ortho intramolecular Hbond substituents is 1. The normalized spacial score (nSPS) is 18.5. The highest BCUT2D eigenvalue weighted by molar-refractivity contribution is 5.29. The fraction of sp³-hybridized carbons (Fsp3) is 0.625. The van der Waals surface area contributed by atoms with Crippen molar-refractivity contribution in [2.45, 2.75) is 38.4 Å². The molecule has 124 valence electrons. The van der Waals surface area contributed by atoms with Crippen molar-refractivity contribution in [1.29, 1.82) is 0 Å². The van der Waals surface area contributed by atoms with Crippen molar-refractivity contribution in [1.82, 2.24) is 0 Å². The van der Waals surface area contributed by atoms with Crippen LogP contribution in [0.2, 0.25) is 0 Å². The molecule has 0 saturated carbocycles. The minimum atomic E-state index is -0.751. The molecule has 0 spiro atoms. The maximum Gasteiger partial charge on any atom is 0.157 e. The molecule has 0 amide bonds. The number of phenols is 1. The number of aromatic hydroxyl groups is 1. The van der Waals surface area contributed by atoms with Gasteiger partial charge in [-0.3, -0.25) is 0 Å². The number of benzene rings is 1. The Hall–Kier alpha value is -1.24. The molecule has 1 unspecified atom stereocenters. The van der Waals surface area contributed by atoms with Crippen LogP contribution in [0.25, 0.3) is 0 Å². The van der Waals surface area contributed by atoms with Gasteiger partial charge in [-0.05, 0) is 25.7 Å². The number of halogens is 2. The van der Waals surface area contributed by atoms with Crippen LogP contribution in [0.4, 0.5) is 8.78 Å². The van der Waals surface area contributed by atoms with E-state index < -0.39 is 17.4 Å². The van der Waals surface area contributed by atoms with Gasteiger partial charge in [0, 0.05) is 37.3 Å². The maximum absolute atomic E-state index is 13.5. The first-order valence-electron chi connectivity index (χ1n) is 7.64. The van der Waals surface area contributed by atoms with E-state index in [1.165, 1.54) is 0 Å². The van der Waals surface area contributed by atoms with Crippen LogP contribution < -0.4 is 0 Å². The van der Waals surface area contributed by atoms with E-state index in [4.69, 9.17) is 19.3 Å². The summed E-state index contributed by atoms with van der Waals surface area (Å²) in [5, 5.41) is 9.06. The second-order valence-electron chi connectivity index (χ2n) is 5.27. The molecule has 4 nitrogen and oxygen atoms in total. The van der Waals surface area contributed by atoms with Crippen LogP contribution in [0.1, 0.15) is 31.2 Å². The standard InChI is InChI=1S/C16H22F2O4/c17-14-10-12(19)11-15(18)13(14)5-9-20-6-3-8-22-16-4-1-2-7-21-16/h10-11,16,19H,1-9H2. The van der Waals surface area contributed by atoms with Crippen LogP contribution in [-0.4, -0.2) is 37.8 Å². The average Bonchev–Trinajstić information content (AvgIpc) is 2.49. The molecule has 1 fully saturated rings. The molecule has 1 atom stereocenters. The molecule has 0 bridgehead atoms. The molecule has 1 aromatic rings. The lowest BCUT2D eigenvalue weighted by molar-refractivity contribution is -0.164. The Morgan fingerprint density at radius 3 is 2.59 bits per heavy atom. The van der Waals surface area contributed by atoms with Gasteiger partial charge in [0.05, 0.1) is 13.2 Å². The van der Waals surface area contributed by atoms with E-state index in [9.17, 15) is 8.78 Å². The van der Waals surface area contributed by atoms with Crippen molar-refractivity contribution >= 4 is 0 Å². The largest absolute Gasteiger partial charge is 0.508 e. The predicted molar refractivity (Wildman–Crippen MR) is 76.7 cm³/mol. The molecule has 22 heavy (non-hydrogen) atoms. The van der Waals surface area contributed by atoms with Gasteiger partial charge >= 0.3 is 0 Å². The lowest BCUT2D eigenvalue weighted by Gasteiger charge is -2.22. The Bertz CT molecular complexity index is 438. The quantitative estimate of drug-likeness (QED) is 0.749. The molecular formula is C16H22F2O4. The van der Waals surface area contributed by atoms with Gasteiger partial charge in [0.15, 0.2) is 6.29 Å². The third-order valence-corrected chi connectivity index (χ3v) is 3.50. The second-order valence-corrected chi connectivity index (χ2v) is 5.27. The molecule has 1 aromatic carbocycles. The van der Waals surface area contributed by atoms with E-state index >= 15 is 0 Å². The molecule has 1 saturated heterocycles. The minimum absolute atomic E-state index is 0.0651. The smallest absolute Gasteiger partial charge is 0.157 e. The molecule has 6 heteroatoms. The molecular weight excluding hydrogens is 294 g/mol.